The van der Waals surface area contributed by atoms with E-state index in [-0.39, 0.29) is 0 Å². The lowest BCUT2D eigenvalue weighted by atomic mass is 9.91. The number of amides is 1. The normalized spacial score (nSPS) is 23.5. The fraction of sp³-hybridized carbons (Fsp3) is 0.846. The summed E-state index contributed by atoms with van der Waals surface area (Å²) in [6, 6.07) is -1.23. The number of hydrogen-bond acceptors (Lipinski definition) is 4. The first-order valence-corrected chi connectivity index (χ1v) is 6.86. The highest BCUT2D eigenvalue weighted by molar-refractivity contribution is 5.82. The first-order valence-electron chi connectivity index (χ1n) is 6.86. The second-order valence-corrected chi connectivity index (χ2v) is 6.23. The molecule has 1 aliphatic carbocycles. The van der Waals surface area contributed by atoms with Crippen molar-refractivity contribution < 1.29 is 27.6 Å². The van der Waals surface area contributed by atoms with Crippen molar-refractivity contribution in [1.29, 1.82) is 0 Å². The first kappa shape index (κ1) is 17.7. The monoisotopic (exact) mass is 310 g/mol. The van der Waals surface area contributed by atoms with Gasteiger partial charge in [0.05, 0.1) is 11.5 Å². The smallest absolute Gasteiger partial charge is 0.370 e. The van der Waals surface area contributed by atoms with Gasteiger partial charge in [-0.25, -0.2) is 4.79 Å². The number of alkyl halides is 3. The lowest BCUT2D eigenvalue weighted by Crippen LogP contribution is -2.55. The van der Waals surface area contributed by atoms with Crippen LogP contribution in [0.25, 0.3) is 0 Å². The molecule has 0 aromatic heterocycles. The summed E-state index contributed by atoms with van der Waals surface area (Å²) < 4.78 is 36.9. The van der Waals surface area contributed by atoms with Crippen molar-refractivity contribution in [2.45, 2.75) is 64.7 Å². The van der Waals surface area contributed by atoms with Gasteiger partial charge < -0.3 is 10.2 Å². The van der Waals surface area contributed by atoms with Crippen LogP contribution in [0.4, 0.5) is 13.2 Å². The van der Waals surface area contributed by atoms with Crippen LogP contribution in [-0.4, -0.2) is 30.1 Å². The number of carbonyl (C=O) groups excluding carboxylic acids is 2. The van der Waals surface area contributed by atoms with Gasteiger partial charge in [0, 0.05) is 6.04 Å². The predicted molar refractivity (Wildman–Crippen MR) is 68.9 cm³/mol. The number of carbonyl (C=O) groups is 2. The van der Waals surface area contributed by atoms with Gasteiger partial charge in [-0.2, -0.15) is 13.2 Å². The highest BCUT2D eigenvalue weighted by Gasteiger charge is 2.41. The molecule has 0 bridgehead atoms. The van der Waals surface area contributed by atoms with Gasteiger partial charge in [0.15, 0.2) is 0 Å². The summed E-state index contributed by atoms with van der Waals surface area (Å²) in [6.45, 7) is 5.00. The van der Waals surface area contributed by atoms with E-state index in [2.05, 4.69) is 5.48 Å². The molecule has 0 aromatic carbocycles. The van der Waals surface area contributed by atoms with E-state index in [0.717, 1.165) is 6.42 Å². The molecule has 21 heavy (non-hydrogen) atoms. The summed E-state index contributed by atoms with van der Waals surface area (Å²) in [6.07, 6.45) is -2.46. The lowest BCUT2D eigenvalue weighted by Gasteiger charge is -2.32. The number of hydrogen-bond donors (Lipinski definition) is 2. The third-order valence-electron chi connectivity index (χ3n) is 3.26. The van der Waals surface area contributed by atoms with Crippen LogP contribution in [0.5, 0.6) is 0 Å². The summed E-state index contributed by atoms with van der Waals surface area (Å²) in [5.74, 6) is -2.47. The minimum atomic E-state index is -4.91. The van der Waals surface area contributed by atoms with Gasteiger partial charge in [-0.15, -0.1) is 5.48 Å². The molecule has 8 heteroatoms. The molecule has 0 radical (unpaired) electrons. The van der Waals surface area contributed by atoms with E-state index in [1.807, 2.05) is 5.32 Å². The summed E-state index contributed by atoms with van der Waals surface area (Å²) in [5.41, 5.74) is 1.79. The Kier molecular flexibility index (Phi) is 5.61. The van der Waals surface area contributed by atoms with E-state index in [1.54, 1.807) is 20.8 Å². The Morgan fingerprint density at radius 2 is 1.57 bits per heavy atom. The Morgan fingerprint density at radius 3 is 2.05 bits per heavy atom. The van der Waals surface area contributed by atoms with E-state index in [0.29, 0.717) is 19.3 Å². The average Bonchev–Trinajstić information content (AvgIpc) is 2.35. The van der Waals surface area contributed by atoms with E-state index >= 15 is 0 Å². The van der Waals surface area contributed by atoms with E-state index in [1.165, 1.54) is 0 Å². The molecule has 1 rings (SSSR count). The zero-order valence-corrected chi connectivity index (χ0v) is 12.3. The Bertz CT molecular complexity index is 391. The fourth-order valence-electron chi connectivity index (χ4n) is 1.98. The van der Waals surface area contributed by atoms with Crippen LogP contribution in [0.1, 0.15) is 46.5 Å². The first-order chi connectivity index (χ1) is 9.51. The lowest BCUT2D eigenvalue weighted by molar-refractivity contribution is -0.175. The second kappa shape index (κ2) is 6.64. The van der Waals surface area contributed by atoms with Crippen molar-refractivity contribution in [3.05, 3.63) is 0 Å². The Labute approximate surface area is 121 Å². The largest absolute Gasteiger partial charge is 0.471 e. The van der Waals surface area contributed by atoms with Crippen molar-refractivity contribution in [3.8, 4) is 0 Å². The standard InChI is InChI=1S/C13H21F3N2O3/c1-12(2,3)11(20)21-18-9-7-5-4-6-8(9)17-10(19)13(14,15)16/h8-9,18H,4-7H2,1-3H3,(H,17,19). The van der Waals surface area contributed by atoms with Crippen LogP contribution in [-0.2, 0) is 14.4 Å². The molecule has 0 heterocycles. The molecule has 0 spiro atoms. The van der Waals surface area contributed by atoms with Crippen molar-refractivity contribution in [1.82, 2.24) is 10.8 Å². The van der Waals surface area contributed by atoms with Gasteiger partial charge in [0.2, 0.25) is 0 Å². The molecule has 1 aliphatic rings. The van der Waals surface area contributed by atoms with Crippen LogP contribution in [0, 0.1) is 5.41 Å². The molecule has 1 saturated carbocycles. The van der Waals surface area contributed by atoms with Gasteiger partial charge in [0.1, 0.15) is 0 Å². The molecule has 2 unspecified atom stereocenters. The fourth-order valence-corrected chi connectivity index (χ4v) is 1.98. The minimum absolute atomic E-state index is 0.409. The van der Waals surface area contributed by atoms with E-state index in [9.17, 15) is 22.8 Å². The van der Waals surface area contributed by atoms with Crippen molar-refractivity contribution in [2.75, 3.05) is 0 Å². The van der Waals surface area contributed by atoms with Gasteiger partial charge in [0.25, 0.3) is 0 Å². The molecule has 1 fully saturated rings. The van der Waals surface area contributed by atoms with Crippen LogP contribution in [0.2, 0.25) is 0 Å². The Morgan fingerprint density at radius 1 is 1.05 bits per heavy atom. The van der Waals surface area contributed by atoms with Crippen molar-refractivity contribution in [3.63, 3.8) is 0 Å². The SMILES string of the molecule is CC(C)(C)C(=O)ONC1CCCCC1NC(=O)C(F)(F)F. The number of nitrogens with one attached hydrogen (secondary N) is 2. The molecular formula is C13H21F3N2O3. The zero-order valence-electron chi connectivity index (χ0n) is 12.3. The number of hydroxylamine groups is 1. The van der Waals surface area contributed by atoms with Crippen molar-refractivity contribution in [2.24, 2.45) is 5.41 Å². The molecule has 1 amide bonds. The molecular weight excluding hydrogens is 289 g/mol. The molecule has 0 saturated heterocycles. The topological polar surface area (TPSA) is 67.4 Å². The van der Waals surface area contributed by atoms with Gasteiger partial charge >= 0.3 is 18.1 Å². The summed E-state index contributed by atoms with van der Waals surface area (Å²) >= 11 is 0. The molecule has 2 atom stereocenters. The third kappa shape index (κ3) is 5.53. The molecule has 0 aliphatic heterocycles. The van der Waals surface area contributed by atoms with Crippen LogP contribution >= 0.6 is 0 Å². The quantitative estimate of drug-likeness (QED) is 0.783. The summed E-state index contributed by atoms with van der Waals surface area (Å²) in [7, 11) is 0. The van der Waals surface area contributed by atoms with Crippen LogP contribution in [0.15, 0.2) is 0 Å². The third-order valence-corrected chi connectivity index (χ3v) is 3.26. The highest BCUT2D eigenvalue weighted by atomic mass is 19.4. The van der Waals surface area contributed by atoms with Crippen molar-refractivity contribution >= 4 is 11.9 Å². The second-order valence-electron chi connectivity index (χ2n) is 6.23. The Hall–Kier alpha value is -1.31. The highest BCUT2D eigenvalue weighted by Crippen LogP contribution is 2.22. The number of halogens is 3. The van der Waals surface area contributed by atoms with Crippen LogP contribution in [0.3, 0.4) is 0 Å². The summed E-state index contributed by atoms with van der Waals surface area (Å²) in [5, 5.41) is 1.95. The van der Waals surface area contributed by atoms with Gasteiger partial charge in [-0.1, -0.05) is 12.8 Å². The predicted octanol–water partition coefficient (Wildman–Crippen LogP) is 2.07. The molecule has 0 aromatic rings. The van der Waals surface area contributed by atoms with E-state index < -0.39 is 35.6 Å². The van der Waals surface area contributed by atoms with Gasteiger partial charge in [-0.3, -0.25) is 4.79 Å². The average molecular weight is 310 g/mol. The maximum atomic E-state index is 12.3. The summed E-state index contributed by atoms with van der Waals surface area (Å²) in [4.78, 5) is 27.6. The molecule has 2 N–H and O–H groups in total. The molecule has 122 valence electrons. The Balaban J connectivity index is 2.58. The van der Waals surface area contributed by atoms with Gasteiger partial charge in [-0.05, 0) is 33.6 Å². The maximum Gasteiger partial charge on any atom is 0.471 e. The van der Waals surface area contributed by atoms with E-state index in [4.69, 9.17) is 4.84 Å². The molecule has 5 nitrogen and oxygen atoms in total. The zero-order chi connectivity index (χ0) is 16.3. The maximum absolute atomic E-state index is 12.3. The number of rotatable bonds is 3. The van der Waals surface area contributed by atoms with Crippen LogP contribution < -0.4 is 10.8 Å². The minimum Gasteiger partial charge on any atom is -0.370 e.